The number of rotatable bonds is 4. The van der Waals surface area contributed by atoms with Crippen LogP contribution in [0.1, 0.15) is 18.3 Å². The lowest BCUT2D eigenvalue weighted by molar-refractivity contribution is 0.295. The predicted octanol–water partition coefficient (Wildman–Crippen LogP) is 2.80. The fraction of sp³-hybridized carbons (Fsp3) is 0.308. The molecule has 0 fully saturated rings. The Hall–Kier alpha value is -1.68. The fourth-order valence-corrected chi connectivity index (χ4v) is 1.83. The van der Waals surface area contributed by atoms with E-state index in [0.717, 1.165) is 17.8 Å². The predicted molar refractivity (Wildman–Crippen MR) is 72.8 cm³/mol. The van der Waals surface area contributed by atoms with Crippen molar-refractivity contribution in [3.05, 3.63) is 40.7 Å². The molecule has 0 aliphatic carbocycles. The lowest BCUT2D eigenvalue weighted by atomic mass is 10.3. The van der Waals surface area contributed by atoms with Crippen molar-refractivity contribution in [2.45, 2.75) is 20.0 Å². The molecule has 0 aliphatic rings. The molecule has 5 heteroatoms. The number of nitrogens with zero attached hydrogens (tertiary/aromatic N) is 2. The van der Waals surface area contributed by atoms with Crippen LogP contribution in [0, 0.1) is 0 Å². The first-order valence-electron chi connectivity index (χ1n) is 5.79. The van der Waals surface area contributed by atoms with Gasteiger partial charge in [-0.05, 0) is 24.6 Å². The van der Waals surface area contributed by atoms with Crippen LogP contribution in [-0.4, -0.2) is 9.78 Å². The van der Waals surface area contributed by atoms with Crippen LogP contribution in [0.4, 0.5) is 5.69 Å². The van der Waals surface area contributed by atoms with E-state index in [1.54, 1.807) is 18.2 Å². The zero-order chi connectivity index (χ0) is 13.1. The molecule has 2 rings (SSSR count). The fourth-order valence-electron chi connectivity index (χ4n) is 1.66. The van der Waals surface area contributed by atoms with Gasteiger partial charge < -0.3 is 10.5 Å². The molecule has 0 atom stereocenters. The highest BCUT2D eigenvalue weighted by Crippen LogP contribution is 2.27. The van der Waals surface area contributed by atoms with E-state index in [-0.39, 0.29) is 0 Å². The molecule has 1 heterocycles. The number of benzene rings is 1. The Labute approximate surface area is 111 Å². The number of halogens is 1. The van der Waals surface area contributed by atoms with Gasteiger partial charge in [0, 0.05) is 18.8 Å². The van der Waals surface area contributed by atoms with Gasteiger partial charge in [0.15, 0.2) is 0 Å². The zero-order valence-corrected chi connectivity index (χ0v) is 11.2. The van der Waals surface area contributed by atoms with E-state index >= 15 is 0 Å². The van der Waals surface area contributed by atoms with Crippen molar-refractivity contribution < 1.29 is 4.74 Å². The van der Waals surface area contributed by atoms with Gasteiger partial charge in [-0.3, -0.25) is 4.68 Å². The number of hydrogen-bond donors (Lipinski definition) is 1. The summed E-state index contributed by atoms with van der Waals surface area (Å²) in [5, 5.41) is 4.92. The summed E-state index contributed by atoms with van der Waals surface area (Å²) in [6.45, 7) is 2.49. The Balaban J connectivity index is 2.11. The molecule has 2 aromatic rings. The van der Waals surface area contributed by atoms with Crippen LogP contribution in [0.3, 0.4) is 0 Å². The van der Waals surface area contributed by atoms with E-state index < -0.39 is 0 Å². The van der Waals surface area contributed by atoms with Crippen molar-refractivity contribution in [1.82, 2.24) is 9.78 Å². The molecule has 1 aromatic heterocycles. The topological polar surface area (TPSA) is 53.1 Å². The van der Waals surface area contributed by atoms with E-state index in [9.17, 15) is 0 Å². The van der Waals surface area contributed by atoms with Crippen LogP contribution in [0.5, 0.6) is 5.75 Å². The molecule has 0 aliphatic heterocycles. The molecule has 0 saturated carbocycles. The van der Waals surface area contributed by atoms with Gasteiger partial charge in [0.25, 0.3) is 0 Å². The summed E-state index contributed by atoms with van der Waals surface area (Å²) < 4.78 is 7.49. The van der Waals surface area contributed by atoms with Gasteiger partial charge in [-0.15, -0.1) is 0 Å². The molecule has 2 N–H and O–H groups in total. The van der Waals surface area contributed by atoms with Gasteiger partial charge in [0.2, 0.25) is 0 Å². The molecule has 0 spiro atoms. The number of nitrogens with two attached hydrogens (primary N) is 1. The monoisotopic (exact) mass is 265 g/mol. The van der Waals surface area contributed by atoms with Crippen molar-refractivity contribution in [2.75, 3.05) is 5.73 Å². The molecular formula is C13H16ClN3O. The van der Waals surface area contributed by atoms with Gasteiger partial charge in [-0.1, -0.05) is 18.5 Å². The quantitative estimate of drug-likeness (QED) is 0.865. The second kappa shape index (κ2) is 5.31. The number of aryl methyl sites for hydroxylation is 2. The number of nitrogen functional groups attached to an aromatic ring is 1. The average molecular weight is 266 g/mol. The second-order valence-corrected chi connectivity index (χ2v) is 4.49. The van der Waals surface area contributed by atoms with Gasteiger partial charge in [0.05, 0.1) is 16.4 Å². The van der Waals surface area contributed by atoms with Gasteiger partial charge in [-0.25, -0.2) is 0 Å². The molecule has 18 heavy (non-hydrogen) atoms. The van der Waals surface area contributed by atoms with Crippen LogP contribution in [0.25, 0.3) is 0 Å². The molecule has 0 amide bonds. The van der Waals surface area contributed by atoms with Crippen molar-refractivity contribution in [3.63, 3.8) is 0 Å². The van der Waals surface area contributed by atoms with Crippen molar-refractivity contribution in [3.8, 4) is 5.75 Å². The van der Waals surface area contributed by atoms with Gasteiger partial charge >= 0.3 is 0 Å². The summed E-state index contributed by atoms with van der Waals surface area (Å²) in [7, 11) is 1.90. The molecule has 4 nitrogen and oxygen atoms in total. The summed E-state index contributed by atoms with van der Waals surface area (Å²) in [5.74, 6) is 0.593. The Morgan fingerprint density at radius 2 is 2.17 bits per heavy atom. The number of hydrogen-bond acceptors (Lipinski definition) is 3. The summed E-state index contributed by atoms with van der Waals surface area (Å²) in [4.78, 5) is 0. The molecule has 0 unspecified atom stereocenters. The van der Waals surface area contributed by atoms with E-state index in [1.165, 1.54) is 0 Å². The van der Waals surface area contributed by atoms with E-state index in [4.69, 9.17) is 22.1 Å². The van der Waals surface area contributed by atoms with Crippen LogP contribution in [-0.2, 0) is 20.1 Å². The second-order valence-electron chi connectivity index (χ2n) is 4.08. The Bertz CT molecular complexity index is 551. The standard InChI is InChI=1S/C13H16ClN3O/c1-3-10-7-11(17(2)16-10)8-18-13-6-9(15)4-5-12(13)14/h4-7H,3,8,15H2,1-2H3. The normalized spacial score (nSPS) is 10.6. The third-order valence-corrected chi connectivity index (χ3v) is 3.03. The Morgan fingerprint density at radius 3 is 2.83 bits per heavy atom. The maximum Gasteiger partial charge on any atom is 0.140 e. The lowest BCUT2D eigenvalue weighted by Gasteiger charge is -2.08. The number of aromatic nitrogens is 2. The first kappa shape index (κ1) is 12.8. The summed E-state index contributed by atoms with van der Waals surface area (Å²) in [5.41, 5.74) is 8.38. The van der Waals surface area contributed by atoms with Crippen LogP contribution in [0.2, 0.25) is 5.02 Å². The Kier molecular flexibility index (Phi) is 3.77. The summed E-state index contributed by atoms with van der Waals surface area (Å²) in [6.07, 6.45) is 0.910. The third-order valence-electron chi connectivity index (χ3n) is 2.72. The van der Waals surface area contributed by atoms with E-state index in [1.807, 2.05) is 17.8 Å². The zero-order valence-electron chi connectivity index (χ0n) is 10.5. The average Bonchev–Trinajstić information content (AvgIpc) is 2.71. The minimum absolute atomic E-state index is 0.423. The highest BCUT2D eigenvalue weighted by molar-refractivity contribution is 6.32. The van der Waals surface area contributed by atoms with Crippen LogP contribution >= 0.6 is 11.6 Å². The van der Waals surface area contributed by atoms with Crippen molar-refractivity contribution in [1.29, 1.82) is 0 Å². The van der Waals surface area contributed by atoms with Gasteiger partial charge in [-0.2, -0.15) is 5.10 Å². The highest BCUT2D eigenvalue weighted by atomic mass is 35.5. The lowest BCUT2D eigenvalue weighted by Crippen LogP contribution is -2.03. The Morgan fingerprint density at radius 1 is 1.39 bits per heavy atom. The highest BCUT2D eigenvalue weighted by Gasteiger charge is 2.07. The first-order valence-corrected chi connectivity index (χ1v) is 6.17. The SMILES string of the molecule is CCc1cc(COc2cc(N)ccc2Cl)n(C)n1. The van der Waals surface area contributed by atoms with Gasteiger partial charge in [0.1, 0.15) is 12.4 Å². The molecule has 0 bridgehead atoms. The maximum atomic E-state index is 6.03. The number of ether oxygens (including phenoxy) is 1. The first-order chi connectivity index (χ1) is 8.60. The van der Waals surface area contributed by atoms with E-state index in [0.29, 0.717) is 23.1 Å². The number of anilines is 1. The minimum atomic E-state index is 0.423. The maximum absolute atomic E-state index is 6.03. The van der Waals surface area contributed by atoms with Crippen molar-refractivity contribution in [2.24, 2.45) is 7.05 Å². The smallest absolute Gasteiger partial charge is 0.140 e. The van der Waals surface area contributed by atoms with E-state index in [2.05, 4.69) is 12.0 Å². The minimum Gasteiger partial charge on any atom is -0.486 e. The van der Waals surface area contributed by atoms with Crippen LogP contribution in [0.15, 0.2) is 24.3 Å². The molecule has 0 saturated heterocycles. The molecule has 1 aromatic carbocycles. The largest absolute Gasteiger partial charge is 0.486 e. The summed E-state index contributed by atoms with van der Waals surface area (Å²) in [6, 6.07) is 7.22. The summed E-state index contributed by atoms with van der Waals surface area (Å²) >= 11 is 6.03. The molecule has 0 radical (unpaired) electrons. The molecular weight excluding hydrogens is 250 g/mol. The van der Waals surface area contributed by atoms with Crippen LogP contribution < -0.4 is 10.5 Å². The third kappa shape index (κ3) is 2.76. The molecule has 96 valence electrons. The van der Waals surface area contributed by atoms with Crippen molar-refractivity contribution >= 4 is 17.3 Å².